The summed E-state index contributed by atoms with van der Waals surface area (Å²) in [6, 6.07) is 0. The highest BCUT2D eigenvalue weighted by atomic mass is 32.2. The lowest BCUT2D eigenvalue weighted by Gasteiger charge is -2.27. The zero-order valence-corrected chi connectivity index (χ0v) is 7.17. The summed E-state index contributed by atoms with van der Waals surface area (Å²) in [5, 5.41) is 0. The number of hydrogen-bond acceptors (Lipinski definition) is 3. The van der Waals surface area contributed by atoms with Crippen molar-refractivity contribution < 1.29 is 13.2 Å². The van der Waals surface area contributed by atoms with E-state index in [-0.39, 0.29) is 12.0 Å². The van der Waals surface area contributed by atoms with Gasteiger partial charge in [-0.15, -0.1) is 0 Å². The Kier molecular flexibility index (Phi) is 1.69. The maximum Gasteiger partial charge on any atom is 0.256 e. The molecule has 1 N–H and O–H groups in total. The normalized spacial score (nSPS) is 31.7. The topological polar surface area (TPSA) is 55.4 Å². The Morgan fingerprint density at radius 1 is 1.58 bits per heavy atom. The van der Waals surface area contributed by atoms with Crippen LogP contribution in [0.1, 0.15) is 6.42 Å². The van der Waals surface area contributed by atoms with E-state index < -0.39 is 10.0 Å². The van der Waals surface area contributed by atoms with E-state index in [1.54, 1.807) is 6.08 Å². The van der Waals surface area contributed by atoms with Crippen LogP contribution in [0.2, 0.25) is 0 Å². The van der Waals surface area contributed by atoms with E-state index in [9.17, 15) is 8.42 Å². The summed E-state index contributed by atoms with van der Waals surface area (Å²) in [5.41, 5.74) is 0.642. The van der Waals surface area contributed by atoms with Crippen molar-refractivity contribution >= 4 is 10.0 Å². The van der Waals surface area contributed by atoms with Gasteiger partial charge in [0.1, 0.15) is 6.10 Å². The number of fused-ring (bicyclic) bond motifs is 1. The van der Waals surface area contributed by atoms with Crippen molar-refractivity contribution in [3.8, 4) is 0 Å². The van der Waals surface area contributed by atoms with E-state index in [1.807, 2.05) is 12.2 Å². The van der Waals surface area contributed by atoms with Gasteiger partial charge in [0, 0.05) is 0 Å². The summed E-state index contributed by atoms with van der Waals surface area (Å²) < 4.78 is 29.6. The Morgan fingerprint density at radius 3 is 3.25 bits per heavy atom. The van der Waals surface area contributed by atoms with Crippen LogP contribution >= 0.6 is 0 Å². The van der Waals surface area contributed by atoms with Gasteiger partial charge in [-0.3, -0.25) is 4.72 Å². The highest BCUT2D eigenvalue weighted by Gasteiger charge is 2.27. The summed E-state index contributed by atoms with van der Waals surface area (Å²) in [6.07, 6.45) is 6.15. The van der Waals surface area contributed by atoms with Gasteiger partial charge in [0.2, 0.25) is 0 Å². The van der Waals surface area contributed by atoms with Crippen molar-refractivity contribution in [2.75, 3.05) is 5.94 Å². The molecule has 1 atom stereocenters. The lowest BCUT2D eigenvalue weighted by Crippen LogP contribution is -2.41. The molecule has 1 saturated heterocycles. The standard InChI is InChI=1S/C7H9NO3S/c9-12(10)5-11-7-4-2-1-3-6(7)8-12/h1-3,7-8H,4-5H2. The second-order valence-electron chi connectivity index (χ2n) is 2.78. The molecule has 2 rings (SSSR count). The molecule has 0 aromatic rings. The summed E-state index contributed by atoms with van der Waals surface area (Å²) in [7, 11) is -3.23. The first-order valence-electron chi connectivity index (χ1n) is 3.66. The molecule has 0 saturated carbocycles. The van der Waals surface area contributed by atoms with Crippen molar-refractivity contribution in [1.29, 1.82) is 0 Å². The fourth-order valence-electron chi connectivity index (χ4n) is 1.25. The molecule has 0 aromatic carbocycles. The van der Waals surface area contributed by atoms with Gasteiger partial charge in [0.15, 0.2) is 5.94 Å². The molecule has 1 unspecified atom stereocenters. The molecule has 66 valence electrons. The third-order valence-corrected chi connectivity index (χ3v) is 2.80. The van der Waals surface area contributed by atoms with E-state index in [0.717, 1.165) is 6.42 Å². The number of allylic oxidation sites excluding steroid dienone is 2. The fraction of sp³-hybridized carbons (Fsp3) is 0.429. The van der Waals surface area contributed by atoms with E-state index in [2.05, 4.69) is 4.72 Å². The highest BCUT2D eigenvalue weighted by Crippen LogP contribution is 2.19. The third-order valence-electron chi connectivity index (χ3n) is 1.81. The summed E-state index contributed by atoms with van der Waals surface area (Å²) in [6.45, 7) is 0. The molecule has 0 bridgehead atoms. The van der Waals surface area contributed by atoms with Gasteiger partial charge >= 0.3 is 0 Å². The van der Waals surface area contributed by atoms with Crippen molar-refractivity contribution in [3.63, 3.8) is 0 Å². The van der Waals surface area contributed by atoms with Crippen LogP contribution in [0.5, 0.6) is 0 Å². The van der Waals surface area contributed by atoms with Crippen LogP contribution < -0.4 is 4.72 Å². The van der Waals surface area contributed by atoms with Crippen molar-refractivity contribution in [3.05, 3.63) is 23.9 Å². The van der Waals surface area contributed by atoms with Gasteiger partial charge in [-0.25, -0.2) is 8.42 Å². The third kappa shape index (κ3) is 1.37. The highest BCUT2D eigenvalue weighted by molar-refractivity contribution is 7.89. The molecule has 12 heavy (non-hydrogen) atoms. The van der Waals surface area contributed by atoms with Crippen LogP contribution in [0.25, 0.3) is 0 Å². The molecule has 1 aliphatic carbocycles. The van der Waals surface area contributed by atoms with Gasteiger partial charge in [-0.2, -0.15) is 0 Å². The molecule has 1 aliphatic heterocycles. The van der Waals surface area contributed by atoms with Crippen molar-refractivity contribution in [1.82, 2.24) is 4.72 Å². The predicted octanol–water partition coefficient (Wildman–Crippen LogP) is 0.106. The first-order chi connectivity index (χ1) is 5.67. The van der Waals surface area contributed by atoms with Crippen LogP contribution in [0.3, 0.4) is 0 Å². The fourth-order valence-corrected chi connectivity index (χ4v) is 2.21. The van der Waals surface area contributed by atoms with Gasteiger partial charge < -0.3 is 4.74 Å². The molecule has 0 aromatic heterocycles. The molecule has 0 spiro atoms. The van der Waals surface area contributed by atoms with E-state index in [4.69, 9.17) is 4.74 Å². The molecule has 4 nitrogen and oxygen atoms in total. The number of ether oxygens (including phenoxy) is 1. The van der Waals surface area contributed by atoms with Crippen LogP contribution in [0.4, 0.5) is 0 Å². The average Bonchev–Trinajstić information content (AvgIpc) is 2.02. The lowest BCUT2D eigenvalue weighted by atomic mass is 10.1. The second kappa shape index (κ2) is 2.60. The van der Waals surface area contributed by atoms with Crippen molar-refractivity contribution in [2.45, 2.75) is 12.5 Å². The van der Waals surface area contributed by atoms with E-state index in [0.29, 0.717) is 5.70 Å². The Hall–Kier alpha value is -0.810. The first-order valence-corrected chi connectivity index (χ1v) is 5.31. The molecular weight excluding hydrogens is 178 g/mol. The van der Waals surface area contributed by atoms with Crippen molar-refractivity contribution in [2.24, 2.45) is 0 Å². The molecule has 0 radical (unpaired) electrons. The Morgan fingerprint density at radius 2 is 2.42 bits per heavy atom. The number of rotatable bonds is 0. The van der Waals surface area contributed by atoms with Crippen LogP contribution in [-0.4, -0.2) is 20.5 Å². The molecule has 2 aliphatic rings. The van der Waals surface area contributed by atoms with Gasteiger partial charge in [0.05, 0.1) is 5.70 Å². The zero-order valence-electron chi connectivity index (χ0n) is 6.36. The van der Waals surface area contributed by atoms with Crippen LogP contribution in [0.15, 0.2) is 23.9 Å². The largest absolute Gasteiger partial charge is 0.354 e. The second-order valence-corrected chi connectivity index (χ2v) is 4.45. The monoisotopic (exact) mass is 187 g/mol. The molecular formula is C7H9NO3S. The number of nitrogens with one attached hydrogen (secondary N) is 1. The Labute approximate surface area is 71.0 Å². The quantitative estimate of drug-likeness (QED) is 0.585. The molecule has 5 heteroatoms. The van der Waals surface area contributed by atoms with Gasteiger partial charge in [0.25, 0.3) is 10.0 Å². The minimum Gasteiger partial charge on any atom is -0.354 e. The maximum absolute atomic E-state index is 11.0. The first kappa shape index (κ1) is 7.82. The van der Waals surface area contributed by atoms with Crippen LogP contribution in [-0.2, 0) is 14.8 Å². The molecule has 1 heterocycles. The smallest absolute Gasteiger partial charge is 0.256 e. The molecule has 0 amide bonds. The summed E-state index contributed by atoms with van der Waals surface area (Å²) in [5.74, 6) is -0.233. The minimum atomic E-state index is -3.23. The minimum absolute atomic E-state index is 0.0986. The average molecular weight is 187 g/mol. The van der Waals surface area contributed by atoms with E-state index >= 15 is 0 Å². The van der Waals surface area contributed by atoms with Crippen LogP contribution in [0, 0.1) is 0 Å². The number of sulfonamides is 1. The Balaban J connectivity index is 2.27. The van der Waals surface area contributed by atoms with Gasteiger partial charge in [-0.1, -0.05) is 12.2 Å². The predicted molar refractivity (Wildman–Crippen MR) is 43.6 cm³/mol. The molecule has 1 fully saturated rings. The zero-order chi connectivity index (χ0) is 8.60. The van der Waals surface area contributed by atoms with Gasteiger partial charge in [-0.05, 0) is 12.5 Å². The van der Waals surface area contributed by atoms with E-state index in [1.165, 1.54) is 0 Å². The summed E-state index contributed by atoms with van der Waals surface area (Å²) >= 11 is 0. The number of hydrogen-bond donors (Lipinski definition) is 1. The Bertz CT molecular complexity index is 342. The lowest BCUT2D eigenvalue weighted by molar-refractivity contribution is 0.102. The maximum atomic E-state index is 11.0. The SMILES string of the molecule is O=S1(=O)COC2CC=CC=C2N1. The summed E-state index contributed by atoms with van der Waals surface area (Å²) in [4.78, 5) is 0.